The molecule has 0 aromatic rings. The van der Waals surface area contributed by atoms with Gasteiger partial charge in [0.15, 0.2) is 0 Å². The van der Waals surface area contributed by atoms with Gasteiger partial charge in [-0.05, 0) is 13.6 Å². The Morgan fingerprint density at radius 1 is 1.70 bits per heavy atom. The molecule has 4 nitrogen and oxygen atoms in total. The molecule has 60 valence electrons. The zero-order valence-corrected chi connectivity index (χ0v) is 6.35. The summed E-state index contributed by atoms with van der Waals surface area (Å²) in [6.07, 6.45) is 0. The van der Waals surface area contributed by atoms with Crippen LogP contribution in [0, 0.1) is 0 Å². The second-order valence-electron chi connectivity index (χ2n) is 1.99. The Morgan fingerprint density at radius 2 is 2.30 bits per heavy atom. The van der Waals surface area contributed by atoms with E-state index in [1.54, 1.807) is 7.05 Å². The average Bonchev–Trinajstić information content (AvgIpc) is 1.89. The lowest BCUT2D eigenvalue weighted by molar-refractivity contribution is -0.139. The van der Waals surface area contributed by atoms with Crippen LogP contribution in [-0.2, 0) is 4.79 Å². The van der Waals surface area contributed by atoms with Crippen molar-refractivity contribution in [2.45, 2.75) is 13.0 Å². The molecule has 0 bridgehead atoms. The maximum Gasteiger partial charge on any atom is 0.322 e. The third kappa shape index (κ3) is 3.42. The monoisotopic (exact) mass is 146 g/mol. The summed E-state index contributed by atoms with van der Waals surface area (Å²) < 4.78 is 0. The minimum Gasteiger partial charge on any atom is -0.480 e. The average molecular weight is 146 g/mol. The number of hydrogen-bond donors (Lipinski definition) is 3. The van der Waals surface area contributed by atoms with Gasteiger partial charge in [-0.1, -0.05) is 6.92 Å². The second-order valence-corrected chi connectivity index (χ2v) is 1.99. The molecule has 10 heavy (non-hydrogen) atoms. The van der Waals surface area contributed by atoms with Gasteiger partial charge in [-0.3, -0.25) is 4.79 Å². The maximum absolute atomic E-state index is 10.3. The third-order valence-corrected chi connectivity index (χ3v) is 1.25. The van der Waals surface area contributed by atoms with Crippen LogP contribution >= 0.6 is 0 Å². The molecule has 0 saturated heterocycles. The van der Waals surface area contributed by atoms with Crippen molar-refractivity contribution in [3.05, 3.63) is 0 Å². The molecule has 1 atom stereocenters. The molecule has 0 aromatic carbocycles. The van der Waals surface area contributed by atoms with E-state index < -0.39 is 12.0 Å². The van der Waals surface area contributed by atoms with Crippen molar-refractivity contribution in [2.24, 2.45) is 0 Å². The van der Waals surface area contributed by atoms with E-state index in [1.807, 2.05) is 6.92 Å². The van der Waals surface area contributed by atoms with Gasteiger partial charge in [0.05, 0.1) is 0 Å². The highest BCUT2D eigenvalue weighted by Gasteiger charge is 2.12. The normalized spacial score (nSPS) is 13.0. The summed E-state index contributed by atoms with van der Waals surface area (Å²) in [6.45, 7) is 3.21. The Balaban J connectivity index is 3.50. The van der Waals surface area contributed by atoms with Crippen LogP contribution < -0.4 is 10.6 Å². The highest BCUT2D eigenvalue weighted by atomic mass is 16.4. The number of likely N-dealkylation sites (N-methyl/N-ethyl adjacent to an activating group) is 2. The molecule has 0 fully saturated rings. The summed E-state index contributed by atoms with van der Waals surface area (Å²) in [7, 11) is 1.64. The van der Waals surface area contributed by atoms with E-state index in [4.69, 9.17) is 5.11 Å². The lowest BCUT2D eigenvalue weighted by atomic mass is 10.3. The molecule has 0 radical (unpaired) electrons. The van der Waals surface area contributed by atoms with Crippen molar-refractivity contribution in [2.75, 3.05) is 20.1 Å². The van der Waals surface area contributed by atoms with E-state index >= 15 is 0 Å². The molecule has 0 aromatic heterocycles. The van der Waals surface area contributed by atoms with E-state index in [0.717, 1.165) is 6.54 Å². The van der Waals surface area contributed by atoms with Gasteiger partial charge in [-0.25, -0.2) is 0 Å². The van der Waals surface area contributed by atoms with Crippen molar-refractivity contribution in [1.82, 2.24) is 10.6 Å². The van der Waals surface area contributed by atoms with Crippen LogP contribution in [0.2, 0.25) is 0 Å². The molecule has 0 aliphatic rings. The summed E-state index contributed by atoms with van der Waals surface area (Å²) >= 11 is 0. The molecule has 3 N–H and O–H groups in total. The number of hydrogen-bond acceptors (Lipinski definition) is 3. The molecule has 0 aliphatic carbocycles. The molecular formula is C6H14N2O2. The van der Waals surface area contributed by atoms with Crippen LogP contribution in [0.15, 0.2) is 0 Å². The van der Waals surface area contributed by atoms with E-state index in [-0.39, 0.29) is 0 Å². The lowest BCUT2D eigenvalue weighted by Gasteiger charge is -2.10. The first-order chi connectivity index (χ1) is 4.72. The molecule has 0 spiro atoms. The summed E-state index contributed by atoms with van der Waals surface area (Å²) in [6, 6.07) is -0.472. The van der Waals surface area contributed by atoms with Gasteiger partial charge in [-0.2, -0.15) is 0 Å². The Morgan fingerprint density at radius 3 is 2.60 bits per heavy atom. The summed E-state index contributed by atoms with van der Waals surface area (Å²) in [5.74, 6) is -0.816. The lowest BCUT2D eigenvalue weighted by Crippen LogP contribution is -2.42. The van der Waals surface area contributed by atoms with Gasteiger partial charge < -0.3 is 15.7 Å². The number of rotatable bonds is 5. The molecular weight excluding hydrogens is 132 g/mol. The molecule has 4 heteroatoms. The first-order valence-electron chi connectivity index (χ1n) is 3.33. The van der Waals surface area contributed by atoms with Gasteiger partial charge in [0, 0.05) is 6.54 Å². The highest BCUT2D eigenvalue weighted by molar-refractivity contribution is 5.73. The first kappa shape index (κ1) is 9.39. The largest absolute Gasteiger partial charge is 0.480 e. The van der Waals surface area contributed by atoms with Gasteiger partial charge in [-0.15, -0.1) is 0 Å². The summed E-state index contributed by atoms with van der Waals surface area (Å²) in [5, 5.41) is 14.1. The topological polar surface area (TPSA) is 61.4 Å². The zero-order valence-electron chi connectivity index (χ0n) is 6.35. The van der Waals surface area contributed by atoms with Gasteiger partial charge in [0.25, 0.3) is 0 Å². The Labute approximate surface area is 60.6 Å². The first-order valence-corrected chi connectivity index (χ1v) is 3.33. The van der Waals surface area contributed by atoms with Crippen LogP contribution in [0.4, 0.5) is 0 Å². The molecule has 1 unspecified atom stereocenters. The van der Waals surface area contributed by atoms with Crippen LogP contribution in [0.1, 0.15) is 6.92 Å². The van der Waals surface area contributed by atoms with Crippen LogP contribution in [0.3, 0.4) is 0 Å². The molecule has 0 saturated carbocycles. The summed E-state index contributed by atoms with van der Waals surface area (Å²) in [4.78, 5) is 10.3. The fourth-order valence-electron chi connectivity index (χ4n) is 0.602. The standard InChI is InChI=1S/C6H14N2O2/c1-3-8-4-5(7-2)6(9)10/h5,7-8H,3-4H2,1-2H3,(H,9,10). The van der Waals surface area contributed by atoms with E-state index in [1.165, 1.54) is 0 Å². The number of carboxylic acids is 1. The van der Waals surface area contributed by atoms with Crippen LogP contribution in [0.5, 0.6) is 0 Å². The predicted octanol–water partition coefficient (Wildman–Crippen LogP) is -0.731. The van der Waals surface area contributed by atoms with E-state index in [9.17, 15) is 4.79 Å². The van der Waals surface area contributed by atoms with Crippen molar-refractivity contribution in [3.63, 3.8) is 0 Å². The minimum atomic E-state index is -0.816. The van der Waals surface area contributed by atoms with E-state index in [0.29, 0.717) is 6.54 Å². The van der Waals surface area contributed by atoms with Gasteiger partial charge in [0.1, 0.15) is 6.04 Å². The number of nitrogens with one attached hydrogen (secondary N) is 2. The smallest absolute Gasteiger partial charge is 0.322 e. The highest BCUT2D eigenvalue weighted by Crippen LogP contribution is 1.78. The molecule has 0 aliphatic heterocycles. The van der Waals surface area contributed by atoms with Gasteiger partial charge in [0.2, 0.25) is 0 Å². The zero-order chi connectivity index (χ0) is 7.98. The fraction of sp³-hybridized carbons (Fsp3) is 0.833. The quantitative estimate of drug-likeness (QED) is 0.478. The van der Waals surface area contributed by atoms with E-state index in [2.05, 4.69) is 10.6 Å². The summed E-state index contributed by atoms with van der Waals surface area (Å²) in [5.41, 5.74) is 0. The van der Waals surface area contributed by atoms with Crippen molar-refractivity contribution < 1.29 is 9.90 Å². The molecule has 0 rings (SSSR count). The van der Waals surface area contributed by atoms with Gasteiger partial charge >= 0.3 is 5.97 Å². The molecule has 0 amide bonds. The Hall–Kier alpha value is -0.610. The van der Waals surface area contributed by atoms with Crippen LogP contribution in [0.25, 0.3) is 0 Å². The number of carboxylic acid groups (broad SMARTS) is 1. The predicted molar refractivity (Wildman–Crippen MR) is 39.0 cm³/mol. The van der Waals surface area contributed by atoms with Crippen LogP contribution in [-0.4, -0.2) is 37.3 Å². The SMILES string of the molecule is CCNCC(NC)C(=O)O. The van der Waals surface area contributed by atoms with Crippen molar-refractivity contribution in [1.29, 1.82) is 0 Å². The van der Waals surface area contributed by atoms with Crippen molar-refractivity contribution >= 4 is 5.97 Å². The third-order valence-electron chi connectivity index (χ3n) is 1.25. The number of carbonyl (C=O) groups is 1. The molecule has 0 heterocycles. The second kappa shape index (κ2) is 5.20. The fourth-order valence-corrected chi connectivity index (χ4v) is 0.602. The Bertz CT molecular complexity index is 106. The Kier molecular flexibility index (Phi) is 4.88. The minimum absolute atomic E-state index is 0.472. The van der Waals surface area contributed by atoms with Crippen molar-refractivity contribution in [3.8, 4) is 0 Å². The number of aliphatic carboxylic acids is 1. The maximum atomic E-state index is 10.3.